The quantitative estimate of drug-likeness (QED) is 0.565. The third-order valence-electron chi connectivity index (χ3n) is 2.98. The molecule has 2 heteroatoms. The van der Waals surface area contributed by atoms with Gasteiger partial charge in [-0.15, -0.1) is 0 Å². The fourth-order valence-electron chi connectivity index (χ4n) is 2.38. The van der Waals surface area contributed by atoms with Crippen molar-refractivity contribution in [3.63, 3.8) is 0 Å². The van der Waals surface area contributed by atoms with Gasteiger partial charge in [0, 0.05) is 12.6 Å². The van der Waals surface area contributed by atoms with Crippen LogP contribution >= 0.6 is 0 Å². The molecule has 2 saturated heterocycles. The van der Waals surface area contributed by atoms with Crippen LogP contribution in [0.5, 0.6) is 0 Å². The van der Waals surface area contributed by atoms with Gasteiger partial charge in [-0.3, -0.25) is 4.90 Å². The van der Waals surface area contributed by atoms with Crippen LogP contribution in [0.3, 0.4) is 0 Å². The van der Waals surface area contributed by atoms with Gasteiger partial charge in [0.25, 0.3) is 0 Å². The minimum atomic E-state index is 0.573. The number of likely N-dealkylation sites (N-methyl/N-ethyl adjacent to an activating group) is 1. The third-order valence-corrected chi connectivity index (χ3v) is 2.98. The molecule has 0 aromatic rings. The lowest BCUT2D eigenvalue weighted by Crippen LogP contribution is -2.45. The summed E-state index contributed by atoms with van der Waals surface area (Å²) < 4.78 is 5.65. The molecule has 64 valence electrons. The molecule has 0 unspecified atom stereocenters. The fourth-order valence-corrected chi connectivity index (χ4v) is 2.38. The van der Waals surface area contributed by atoms with Gasteiger partial charge in [0.2, 0.25) is 0 Å². The predicted molar refractivity (Wildman–Crippen MR) is 44.6 cm³/mol. The average Bonchev–Trinajstić information content (AvgIpc) is 2.50. The SMILES string of the molecule is CCN1CCC[C@H]2OCC[C@H]21. The number of likely N-dealkylation sites (tertiary alicyclic amines) is 1. The van der Waals surface area contributed by atoms with Crippen LogP contribution in [0.1, 0.15) is 26.2 Å². The monoisotopic (exact) mass is 155 g/mol. The summed E-state index contributed by atoms with van der Waals surface area (Å²) in [4.78, 5) is 2.57. The van der Waals surface area contributed by atoms with Crippen LogP contribution in [-0.4, -0.2) is 36.7 Å². The first kappa shape index (κ1) is 7.56. The standard InChI is InChI=1S/C9H17NO/c1-2-10-6-3-4-9-8(10)5-7-11-9/h8-9H,2-7H2,1H3/t8-,9-/m1/s1. The van der Waals surface area contributed by atoms with E-state index >= 15 is 0 Å². The van der Waals surface area contributed by atoms with Crippen molar-refractivity contribution in [3.8, 4) is 0 Å². The van der Waals surface area contributed by atoms with Crippen LogP contribution < -0.4 is 0 Å². The van der Waals surface area contributed by atoms with Crippen molar-refractivity contribution in [2.75, 3.05) is 19.7 Å². The van der Waals surface area contributed by atoms with Crippen LogP contribution in [0.2, 0.25) is 0 Å². The van der Waals surface area contributed by atoms with Gasteiger partial charge in [-0.1, -0.05) is 6.92 Å². The largest absolute Gasteiger partial charge is 0.377 e. The normalized spacial score (nSPS) is 39.0. The molecule has 2 aliphatic rings. The number of nitrogens with zero attached hydrogens (tertiary/aromatic N) is 1. The molecule has 0 aliphatic carbocycles. The van der Waals surface area contributed by atoms with E-state index in [1.165, 1.54) is 32.4 Å². The number of hydrogen-bond donors (Lipinski definition) is 0. The Labute approximate surface area is 68.5 Å². The Morgan fingerprint density at radius 1 is 1.45 bits per heavy atom. The second-order valence-corrected chi connectivity index (χ2v) is 3.54. The lowest BCUT2D eigenvalue weighted by molar-refractivity contribution is 0.0289. The lowest BCUT2D eigenvalue weighted by Gasteiger charge is -2.35. The van der Waals surface area contributed by atoms with Crippen molar-refractivity contribution in [2.45, 2.75) is 38.3 Å². The summed E-state index contributed by atoms with van der Waals surface area (Å²) >= 11 is 0. The Morgan fingerprint density at radius 3 is 3.18 bits per heavy atom. The maximum Gasteiger partial charge on any atom is 0.0731 e. The van der Waals surface area contributed by atoms with Crippen LogP contribution in [-0.2, 0) is 4.74 Å². The first-order valence-corrected chi connectivity index (χ1v) is 4.77. The topological polar surface area (TPSA) is 12.5 Å². The molecule has 2 heterocycles. The van der Waals surface area contributed by atoms with E-state index in [2.05, 4.69) is 11.8 Å². The molecular formula is C9H17NO. The molecule has 2 atom stereocenters. The van der Waals surface area contributed by atoms with E-state index in [0.717, 1.165) is 12.6 Å². The van der Waals surface area contributed by atoms with Gasteiger partial charge in [-0.05, 0) is 32.4 Å². The van der Waals surface area contributed by atoms with Crippen molar-refractivity contribution in [1.82, 2.24) is 4.90 Å². The zero-order chi connectivity index (χ0) is 7.68. The number of hydrogen-bond acceptors (Lipinski definition) is 2. The molecule has 0 aromatic heterocycles. The highest BCUT2D eigenvalue weighted by atomic mass is 16.5. The Morgan fingerprint density at radius 2 is 2.36 bits per heavy atom. The summed E-state index contributed by atoms with van der Waals surface area (Å²) in [5.74, 6) is 0. The van der Waals surface area contributed by atoms with Crippen molar-refractivity contribution in [1.29, 1.82) is 0 Å². The van der Waals surface area contributed by atoms with Gasteiger partial charge < -0.3 is 4.74 Å². The summed E-state index contributed by atoms with van der Waals surface area (Å²) in [5.41, 5.74) is 0. The molecule has 2 fully saturated rings. The molecule has 11 heavy (non-hydrogen) atoms. The molecule has 0 N–H and O–H groups in total. The van der Waals surface area contributed by atoms with E-state index < -0.39 is 0 Å². The smallest absolute Gasteiger partial charge is 0.0731 e. The molecule has 2 rings (SSSR count). The van der Waals surface area contributed by atoms with E-state index in [4.69, 9.17) is 4.74 Å². The number of fused-ring (bicyclic) bond motifs is 1. The third kappa shape index (κ3) is 1.30. The number of ether oxygens (including phenoxy) is 1. The van der Waals surface area contributed by atoms with E-state index in [1.807, 2.05) is 0 Å². The summed E-state index contributed by atoms with van der Waals surface area (Å²) in [5, 5.41) is 0. The fraction of sp³-hybridized carbons (Fsp3) is 1.00. The Kier molecular flexibility index (Phi) is 2.14. The van der Waals surface area contributed by atoms with Crippen LogP contribution in [0.4, 0.5) is 0 Å². The molecular weight excluding hydrogens is 138 g/mol. The Balaban J connectivity index is 2.00. The van der Waals surface area contributed by atoms with Crippen molar-refractivity contribution in [3.05, 3.63) is 0 Å². The van der Waals surface area contributed by atoms with E-state index in [9.17, 15) is 0 Å². The van der Waals surface area contributed by atoms with Crippen molar-refractivity contribution < 1.29 is 4.74 Å². The molecule has 0 amide bonds. The van der Waals surface area contributed by atoms with Gasteiger partial charge >= 0.3 is 0 Å². The summed E-state index contributed by atoms with van der Waals surface area (Å²) in [7, 11) is 0. The van der Waals surface area contributed by atoms with Gasteiger partial charge in [-0.25, -0.2) is 0 Å². The first-order valence-electron chi connectivity index (χ1n) is 4.77. The lowest BCUT2D eigenvalue weighted by atomic mass is 9.99. The molecule has 0 aromatic carbocycles. The van der Waals surface area contributed by atoms with Crippen molar-refractivity contribution >= 4 is 0 Å². The van der Waals surface area contributed by atoms with Crippen LogP contribution in [0.25, 0.3) is 0 Å². The van der Waals surface area contributed by atoms with Gasteiger partial charge in [0.05, 0.1) is 6.10 Å². The number of rotatable bonds is 1. The highest BCUT2D eigenvalue weighted by Gasteiger charge is 2.34. The minimum absolute atomic E-state index is 0.573. The second-order valence-electron chi connectivity index (χ2n) is 3.54. The summed E-state index contributed by atoms with van der Waals surface area (Å²) in [6, 6.07) is 0.758. The average molecular weight is 155 g/mol. The zero-order valence-corrected chi connectivity index (χ0v) is 7.25. The molecule has 2 nitrogen and oxygen atoms in total. The Hall–Kier alpha value is -0.0800. The maximum absolute atomic E-state index is 5.65. The molecule has 0 bridgehead atoms. The Bertz CT molecular complexity index is 138. The predicted octanol–water partition coefficient (Wildman–Crippen LogP) is 1.26. The second kappa shape index (κ2) is 3.11. The van der Waals surface area contributed by atoms with Crippen LogP contribution in [0, 0.1) is 0 Å². The first-order chi connectivity index (χ1) is 5.42. The van der Waals surface area contributed by atoms with Crippen molar-refractivity contribution in [2.24, 2.45) is 0 Å². The van der Waals surface area contributed by atoms with Gasteiger partial charge in [0.15, 0.2) is 0 Å². The molecule has 0 radical (unpaired) electrons. The van der Waals surface area contributed by atoms with E-state index in [-0.39, 0.29) is 0 Å². The maximum atomic E-state index is 5.65. The molecule has 0 saturated carbocycles. The molecule has 2 aliphatic heterocycles. The molecule has 0 spiro atoms. The van der Waals surface area contributed by atoms with Crippen LogP contribution in [0.15, 0.2) is 0 Å². The number of piperidine rings is 1. The van der Waals surface area contributed by atoms with E-state index in [1.54, 1.807) is 0 Å². The minimum Gasteiger partial charge on any atom is -0.377 e. The zero-order valence-electron chi connectivity index (χ0n) is 7.25. The summed E-state index contributed by atoms with van der Waals surface area (Å²) in [6.07, 6.45) is 4.46. The van der Waals surface area contributed by atoms with E-state index in [0.29, 0.717) is 6.10 Å². The van der Waals surface area contributed by atoms with Gasteiger partial charge in [0.1, 0.15) is 0 Å². The highest BCUT2D eigenvalue weighted by molar-refractivity contribution is 4.88. The van der Waals surface area contributed by atoms with Gasteiger partial charge in [-0.2, -0.15) is 0 Å². The summed E-state index contributed by atoms with van der Waals surface area (Å²) in [6.45, 7) is 5.73. The highest BCUT2D eigenvalue weighted by Crippen LogP contribution is 2.27.